The van der Waals surface area contributed by atoms with Gasteiger partial charge in [0.2, 0.25) is 0 Å². The van der Waals surface area contributed by atoms with Crippen LogP contribution in [0, 0.1) is 6.92 Å². The lowest BCUT2D eigenvalue weighted by atomic mass is 9.97. The van der Waals surface area contributed by atoms with Crippen molar-refractivity contribution in [1.82, 2.24) is 0 Å². The zero-order chi connectivity index (χ0) is 16.1. The molecular formula is C19H16Cl2O. The summed E-state index contributed by atoms with van der Waals surface area (Å²) in [5.41, 5.74) is 2.93. The van der Waals surface area contributed by atoms with Gasteiger partial charge < -0.3 is 0 Å². The number of rotatable bonds is 5. The third kappa shape index (κ3) is 4.09. The average Bonchev–Trinajstić information content (AvgIpc) is 2.53. The highest BCUT2D eigenvalue weighted by atomic mass is 35.5. The fourth-order valence-electron chi connectivity index (χ4n) is 2.09. The van der Waals surface area contributed by atoms with Gasteiger partial charge in [0.05, 0.1) is 5.03 Å². The molecule has 0 bridgehead atoms. The Bertz CT molecular complexity index is 713. The summed E-state index contributed by atoms with van der Waals surface area (Å²) >= 11 is 12.4. The van der Waals surface area contributed by atoms with Crippen molar-refractivity contribution in [3.05, 3.63) is 88.5 Å². The maximum atomic E-state index is 12.8. The zero-order valence-electron chi connectivity index (χ0n) is 12.3. The number of benzene rings is 2. The van der Waals surface area contributed by atoms with Crippen molar-refractivity contribution in [2.24, 2.45) is 0 Å². The predicted octanol–water partition coefficient (Wildman–Crippen LogP) is 5.97. The van der Waals surface area contributed by atoms with E-state index in [9.17, 15) is 4.79 Å². The normalized spacial score (nSPS) is 11.8. The Morgan fingerprint density at radius 1 is 0.955 bits per heavy atom. The second kappa shape index (κ2) is 7.44. The molecule has 0 fully saturated rings. The number of halogens is 2. The van der Waals surface area contributed by atoms with Gasteiger partial charge in [-0.15, -0.1) is 0 Å². The molecule has 0 heterocycles. The van der Waals surface area contributed by atoms with E-state index in [2.05, 4.69) is 6.58 Å². The minimum atomic E-state index is -0.129. The number of carbonyl (C=O) groups is 1. The number of Topliss-reactive ketones (excluding diaryl/α,β-unsaturated/α-hetero) is 1. The van der Waals surface area contributed by atoms with E-state index in [-0.39, 0.29) is 12.2 Å². The summed E-state index contributed by atoms with van der Waals surface area (Å²) in [4.78, 5) is 12.8. The van der Waals surface area contributed by atoms with E-state index in [1.165, 1.54) is 0 Å². The van der Waals surface area contributed by atoms with E-state index in [1.807, 2.05) is 49.4 Å². The van der Waals surface area contributed by atoms with E-state index in [4.69, 9.17) is 23.2 Å². The summed E-state index contributed by atoms with van der Waals surface area (Å²) in [7, 11) is 0. The first-order chi connectivity index (χ1) is 10.5. The Morgan fingerprint density at radius 3 is 2.09 bits per heavy atom. The van der Waals surface area contributed by atoms with Gasteiger partial charge in [0, 0.05) is 22.6 Å². The molecule has 0 aliphatic heterocycles. The van der Waals surface area contributed by atoms with Crippen LogP contribution in [-0.4, -0.2) is 5.78 Å². The molecule has 0 amide bonds. The first-order valence-electron chi connectivity index (χ1n) is 6.87. The Kier molecular flexibility index (Phi) is 5.59. The highest BCUT2D eigenvalue weighted by Gasteiger charge is 2.18. The van der Waals surface area contributed by atoms with Crippen LogP contribution in [0.2, 0.25) is 0 Å². The summed E-state index contributed by atoms with van der Waals surface area (Å²) in [6.07, 6.45) is 0.238. The number of hydrogen-bond donors (Lipinski definition) is 0. The van der Waals surface area contributed by atoms with E-state index in [0.717, 1.165) is 11.1 Å². The van der Waals surface area contributed by atoms with Crippen molar-refractivity contribution >= 4 is 34.0 Å². The maximum Gasteiger partial charge on any atom is 0.190 e. The molecule has 3 heteroatoms. The number of ketones is 1. The van der Waals surface area contributed by atoms with Crippen LogP contribution in [0.3, 0.4) is 0 Å². The summed E-state index contributed by atoms with van der Waals surface area (Å²) in [5.74, 6) is -0.129. The lowest BCUT2D eigenvalue weighted by Crippen LogP contribution is -2.05. The summed E-state index contributed by atoms with van der Waals surface area (Å²) in [6, 6.07) is 16.8. The Labute approximate surface area is 140 Å². The van der Waals surface area contributed by atoms with E-state index < -0.39 is 0 Å². The summed E-state index contributed by atoms with van der Waals surface area (Å²) < 4.78 is 0. The van der Waals surface area contributed by atoms with Crippen molar-refractivity contribution < 1.29 is 4.79 Å². The van der Waals surface area contributed by atoms with Gasteiger partial charge in [-0.3, -0.25) is 4.79 Å². The van der Waals surface area contributed by atoms with Crippen LogP contribution in [0.1, 0.15) is 27.9 Å². The molecule has 0 saturated carbocycles. The maximum absolute atomic E-state index is 12.8. The molecule has 112 valence electrons. The smallest absolute Gasteiger partial charge is 0.190 e. The molecule has 0 unspecified atom stereocenters. The molecule has 0 radical (unpaired) electrons. The Balaban J connectivity index is 2.48. The topological polar surface area (TPSA) is 17.1 Å². The molecule has 0 atom stereocenters. The van der Waals surface area contributed by atoms with Crippen LogP contribution < -0.4 is 0 Å². The van der Waals surface area contributed by atoms with Crippen molar-refractivity contribution in [3.63, 3.8) is 0 Å². The third-order valence-electron chi connectivity index (χ3n) is 3.25. The van der Waals surface area contributed by atoms with Crippen LogP contribution in [-0.2, 0) is 0 Å². The first-order valence-corrected chi connectivity index (χ1v) is 7.63. The van der Waals surface area contributed by atoms with Gasteiger partial charge in [-0.25, -0.2) is 0 Å². The zero-order valence-corrected chi connectivity index (χ0v) is 13.8. The molecule has 0 aliphatic rings. The molecule has 1 nitrogen and oxygen atoms in total. The average molecular weight is 331 g/mol. The van der Waals surface area contributed by atoms with Crippen molar-refractivity contribution in [1.29, 1.82) is 0 Å². The summed E-state index contributed by atoms with van der Waals surface area (Å²) in [5, 5.41) is 0.789. The van der Waals surface area contributed by atoms with E-state index in [0.29, 0.717) is 21.2 Å². The molecule has 2 aromatic carbocycles. The van der Waals surface area contributed by atoms with Gasteiger partial charge in [-0.1, -0.05) is 89.9 Å². The van der Waals surface area contributed by atoms with Crippen LogP contribution in [0.4, 0.5) is 0 Å². The SMILES string of the molecule is C=C(Cl)C/C(C(=O)c1ccc(C)cc1)=C(\Cl)c1ccccc1. The fraction of sp³-hybridized carbons (Fsp3) is 0.105. The molecule has 0 aromatic heterocycles. The number of hydrogen-bond acceptors (Lipinski definition) is 1. The van der Waals surface area contributed by atoms with Gasteiger partial charge in [0.25, 0.3) is 0 Å². The lowest BCUT2D eigenvalue weighted by molar-refractivity contribution is 0.103. The van der Waals surface area contributed by atoms with Crippen molar-refractivity contribution in [2.75, 3.05) is 0 Å². The molecule has 22 heavy (non-hydrogen) atoms. The Hall–Kier alpha value is -1.83. The van der Waals surface area contributed by atoms with Crippen molar-refractivity contribution in [2.45, 2.75) is 13.3 Å². The van der Waals surface area contributed by atoms with E-state index >= 15 is 0 Å². The molecule has 2 aromatic rings. The minimum Gasteiger partial charge on any atom is -0.289 e. The predicted molar refractivity (Wildman–Crippen MR) is 94.3 cm³/mol. The van der Waals surface area contributed by atoms with Crippen LogP contribution in [0.15, 0.2) is 71.8 Å². The van der Waals surface area contributed by atoms with Gasteiger partial charge in [-0.2, -0.15) is 0 Å². The highest BCUT2D eigenvalue weighted by molar-refractivity contribution is 6.51. The monoisotopic (exact) mass is 330 g/mol. The third-order valence-corrected chi connectivity index (χ3v) is 3.83. The molecule has 0 aliphatic carbocycles. The molecule has 0 saturated heterocycles. The van der Waals surface area contributed by atoms with Gasteiger partial charge in [0.15, 0.2) is 5.78 Å². The van der Waals surface area contributed by atoms with Gasteiger partial charge in [-0.05, 0) is 12.5 Å². The van der Waals surface area contributed by atoms with Crippen LogP contribution in [0.25, 0.3) is 5.03 Å². The van der Waals surface area contributed by atoms with Crippen LogP contribution in [0.5, 0.6) is 0 Å². The molecule has 2 rings (SSSR count). The second-order valence-corrected chi connectivity index (χ2v) is 5.96. The van der Waals surface area contributed by atoms with Gasteiger partial charge in [0.1, 0.15) is 0 Å². The molecule has 0 spiro atoms. The molecule has 0 N–H and O–H groups in total. The number of aryl methyl sites for hydroxylation is 1. The molecular weight excluding hydrogens is 315 g/mol. The lowest BCUT2D eigenvalue weighted by Gasteiger charge is -2.10. The quantitative estimate of drug-likeness (QED) is 0.487. The van der Waals surface area contributed by atoms with Crippen molar-refractivity contribution in [3.8, 4) is 0 Å². The number of allylic oxidation sites excluding steroid dienone is 2. The standard InChI is InChI=1S/C19H16Cl2O/c1-13-8-10-16(11-9-13)19(22)17(12-14(2)20)18(21)15-6-4-3-5-7-15/h3-11H,2,12H2,1H3/b18-17+. The van der Waals surface area contributed by atoms with E-state index in [1.54, 1.807) is 12.1 Å². The Morgan fingerprint density at radius 2 is 1.55 bits per heavy atom. The summed E-state index contributed by atoms with van der Waals surface area (Å²) in [6.45, 7) is 5.66. The number of carbonyl (C=O) groups excluding carboxylic acids is 1. The fourth-order valence-corrected chi connectivity index (χ4v) is 2.50. The van der Waals surface area contributed by atoms with Gasteiger partial charge >= 0.3 is 0 Å². The first kappa shape index (κ1) is 16.5. The largest absolute Gasteiger partial charge is 0.289 e. The minimum absolute atomic E-state index is 0.129. The van der Waals surface area contributed by atoms with Crippen LogP contribution >= 0.6 is 23.2 Å². The highest BCUT2D eigenvalue weighted by Crippen LogP contribution is 2.30. The second-order valence-electron chi connectivity index (χ2n) is 5.05.